The smallest absolute Gasteiger partial charge is 0.110 e. The van der Waals surface area contributed by atoms with Gasteiger partial charge in [0.15, 0.2) is 0 Å². The van der Waals surface area contributed by atoms with Crippen LogP contribution in [0.3, 0.4) is 0 Å². The zero-order valence-corrected chi connectivity index (χ0v) is 11.5. The maximum Gasteiger partial charge on any atom is 0.110 e. The maximum absolute atomic E-state index is 6.36. The monoisotopic (exact) mass is 263 g/mol. The Labute approximate surface area is 113 Å². The fourth-order valence-electron chi connectivity index (χ4n) is 2.07. The number of imidazole rings is 1. The van der Waals surface area contributed by atoms with Crippen LogP contribution in [-0.4, -0.2) is 16.1 Å². The quantitative estimate of drug-likeness (QED) is 0.920. The van der Waals surface area contributed by atoms with Gasteiger partial charge in [-0.05, 0) is 43.5 Å². The first kappa shape index (κ1) is 13.1. The number of aryl methyl sites for hydroxylation is 1. The van der Waals surface area contributed by atoms with Crippen LogP contribution >= 0.6 is 11.6 Å². The van der Waals surface area contributed by atoms with Crippen LogP contribution in [0.15, 0.2) is 30.6 Å². The standard InChI is InChI=1S/C14H18ClN3/c1-10(5-6-16)12-3-4-14(13(15)9-12)18-8-7-17-11(18)2/h3-4,7-10H,5-6,16H2,1-2H3. The first-order chi connectivity index (χ1) is 8.63. The van der Waals surface area contributed by atoms with Crippen molar-refractivity contribution in [3.8, 4) is 5.69 Å². The van der Waals surface area contributed by atoms with Crippen molar-refractivity contribution in [2.24, 2.45) is 5.73 Å². The van der Waals surface area contributed by atoms with E-state index in [1.165, 1.54) is 5.56 Å². The molecule has 3 nitrogen and oxygen atoms in total. The van der Waals surface area contributed by atoms with Gasteiger partial charge in [0.05, 0.1) is 10.7 Å². The Balaban J connectivity index is 2.34. The van der Waals surface area contributed by atoms with Crippen molar-refractivity contribution < 1.29 is 0 Å². The zero-order chi connectivity index (χ0) is 13.1. The van der Waals surface area contributed by atoms with Crippen LogP contribution in [-0.2, 0) is 0 Å². The lowest BCUT2D eigenvalue weighted by molar-refractivity contribution is 0.690. The van der Waals surface area contributed by atoms with E-state index in [1.54, 1.807) is 6.20 Å². The van der Waals surface area contributed by atoms with Gasteiger partial charge >= 0.3 is 0 Å². The molecule has 0 saturated carbocycles. The van der Waals surface area contributed by atoms with Crippen molar-refractivity contribution >= 4 is 11.6 Å². The number of benzene rings is 1. The third kappa shape index (κ3) is 2.57. The molecule has 0 radical (unpaired) electrons. The molecule has 4 heteroatoms. The summed E-state index contributed by atoms with van der Waals surface area (Å²) in [6.45, 7) is 4.82. The summed E-state index contributed by atoms with van der Waals surface area (Å²) in [6.07, 6.45) is 4.66. The van der Waals surface area contributed by atoms with Gasteiger partial charge in [-0.15, -0.1) is 0 Å². The molecule has 1 aromatic heterocycles. The lowest BCUT2D eigenvalue weighted by atomic mass is 9.97. The molecular formula is C14H18ClN3. The Morgan fingerprint density at radius 2 is 2.22 bits per heavy atom. The molecule has 0 aliphatic heterocycles. The van der Waals surface area contributed by atoms with Crippen LogP contribution in [0, 0.1) is 6.92 Å². The van der Waals surface area contributed by atoms with Gasteiger partial charge < -0.3 is 10.3 Å². The topological polar surface area (TPSA) is 43.8 Å². The second-order valence-electron chi connectivity index (χ2n) is 4.53. The molecule has 1 aromatic carbocycles. The SMILES string of the molecule is Cc1nccn1-c1ccc(C(C)CCN)cc1Cl. The molecule has 2 rings (SSSR count). The molecule has 0 amide bonds. The third-order valence-corrected chi connectivity index (χ3v) is 3.53. The van der Waals surface area contributed by atoms with E-state index in [-0.39, 0.29) is 0 Å². The lowest BCUT2D eigenvalue weighted by Gasteiger charge is -2.14. The average molecular weight is 264 g/mol. The number of nitrogens with two attached hydrogens (primary N) is 1. The number of hydrogen-bond acceptors (Lipinski definition) is 2. The number of rotatable bonds is 4. The van der Waals surface area contributed by atoms with E-state index in [0.29, 0.717) is 12.5 Å². The predicted octanol–water partition coefficient (Wildman–Crippen LogP) is 3.29. The third-order valence-electron chi connectivity index (χ3n) is 3.23. The number of hydrogen-bond donors (Lipinski definition) is 1. The van der Waals surface area contributed by atoms with Gasteiger partial charge in [-0.2, -0.15) is 0 Å². The second-order valence-corrected chi connectivity index (χ2v) is 4.94. The molecule has 0 bridgehead atoms. The van der Waals surface area contributed by atoms with E-state index in [2.05, 4.69) is 18.0 Å². The molecule has 18 heavy (non-hydrogen) atoms. The Bertz CT molecular complexity index is 534. The molecule has 1 heterocycles. The molecule has 96 valence electrons. The normalized spacial score (nSPS) is 12.7. The first-order valence-corrected chi connectivity index (χ1v) is 6.51. The Morgan fingerprint density at radius 1 is 1.44 bits per heavy atom. The highest BCUT2D eigenvalue weighted by Crippen LogP contribution is 2.27. The van der Waals surface area contributed by atoms with Crippen LogP contribution in [0.1, 0.15) is 30.7 Å². The zero-order valence-electron chi connectivity index (χ0n) is 10.7. The second kappa shape index (κ2) is 5.55. The highest BCUT2D eigenvalue weighted by molar-refractivity contribution is 6.32. The fourth-order valence-corrected chi connectivity index (χ4v) is 2.35. The Kier molecular flexibility index (Phi) is 4.04. The number of nitrogens with zero attached hydrogens (tertiary/aromatic N) is 2. The van der Waals surface area contributed by atoms with E-state index < -0.39 is 0 Å². The van der Waals surface area contributed by atoms with Gasteiger partial charge in [0, 0.05) is 12.4 Å². The van der Waals surface area contributed by atoms with Crippen molar-refractivity contribution in [2.75, 3.05) is 6.54 Å². The molecule has 0 saturated heterocycles. The lowest BCUT2D eigenvalue weighted by Crippen LogP contribution is -2.05. The van der Waals surface area contributed by atoms with Crippen molar-refractivity contribution in [3.05, 3.63) is 47.0 Å². The van der Waals surface area contributed by atoms with Crippen LogP contribution in [0.25, 0.3) is 5.69 Å². The van der Waals surface area contributed by atoms with Crippen molar-refractivity contribution in [1.82, 2.24) is 9.55 Å². The number of halogens is 1. The van der Waals surface area contributed by atoms with E-state index >= 15 is 0 Å². The van der Waals surface area contributed by atoms with Gasteiger partial charge in [0.1, 0.15) is 5.82 Å². The maximum atomic E-state index is 6.36. The van der Waals surface area contributed by atoms with Gasteiger partial charge in [-0.1, -0.05) is 24.6 Å². The Hall–Kier alpha value is -1.32. The molecule has 0 aliphatic carbocycles. The van der Waals surface area contributed by atoms with E-state index in [1.807, 2.05) is 29.8 Å². The highest BCUT2D eigenvalue weighted by atomic mass is 35.5. The molecule has 1 atom stereocenters. The number of aromatic nitrogens is 2. The molecule has 1 unspecified atom stereocenters. The molecule has 0 spiro atoms. The van der Waals surface area contributed by atoms with Crippen LogP contribution in [0.5, 0.6) is 0 Å². The summed E-state index contributed by atoms with van der Waals surface area (Å²) >= 11 is 6.36. The average Bonchev–Trinajstić information content (AvgIpc) is 2.75. The minimum absolute atomic E-state index is 0.436. The summed E-state index contributed by atoms with van der Waals surface area (Å²) in [4.78, 5) is 4.21. The summed E-state index contributed by atoms with van der Waals surface area (Å²) in [7, 11) is 0. The van der Waals surface area contributed by atoms with Crippen molar-refractivity contribution in [3.63, 3.8) is 0 Å². The predicted molar refractivity (Wildman–Crippen MR) is 75.4 cm³/mol. The fraction of sp³-hybridized carbons (Fsp3) is 0.357. The first-order valence-electron chi connectivity index (χ1n) is 6.13. The molecule has 2 N–H and O–H groups in total. The summed E-state index contributed by atoms with van der Waals surface area (Å²) < 4.78 is 1.99. The van der Waals surface area contributed by atoms with E-state index in [4.69, 9.17) is 17.3 Å². The molecule has 0 aliphatic rings. The minimum atomic E-state index is 0.436. The van der Waals surface area contributed by atoms with Crippen molar-refractivity contribution in [1.29, 1.82) is 0 Å². The van der Waals surface area contributed by atoms with Crippen LogP contribution in [0.2, 0.25) is 5.02 Å². The Morgan fingerprint density at radius 3 is 2.78 bits per heavy atom. The van der Waals surface area contributed by atoms with Crippen molar-refractivity contribution in [2.45, 2.75) is 26.2 Å². The summed E-state index contributed by atoms with van der Waals surface area (Å²) in [5.41, 5.74) is 7.78. The van der Waals surface area contributed by atoms with E-state index in [9.17, 15) is 0 Å². The van der Waals surface area contributed by atoms with Gasteiger partial charge in [0.2, 0.25) is 0 Å². The summed E-state index contributed by atoms with van der Waals surface area (Å²) in [6, 6.07) is 6.18. The molecular weight excluding hydrogens is 246 g/mol. The highest BCUT2D eigenvalue weighted by Gasteiger charge is 2.10. The van der Waals surface area contributed by atoms with Gasteiger partial charge in [0.25, 0.3) is 0 Å². The summed E-state index contributed by atoms with van der Waals surface area (Å²) in [5.74, 6) is 1.37. The largest absolute Gasteiger partial charge is 0.330 e. The van der Waals surface area contributed by atoms with Gasteiger partial charge in [-0.3, -0.25) is 0 Å². The van der Waals surface area contributed by atoms with Crippen LogP contribution in [0.4, 0.5) is 0 Å². The van der Waals surface area contributed by atoms with Crippen LogP contribution < -0.4 is 5.73 Å². The summed E-state index contributed by atoms with van der Waals surface area (Å²) in [5, 5.41) is 0.748. The van der Waals surface area contributed by atoms with E-state index in [0.717, 1.165) is 23.0 Å². The minimum Gasteiger partial charge on any atom is -0.330 e. The molecule has 2 aromatic rings. The van der Waals surface area contributed by atoms with Gasteiger partial charge in [-0.25, -0.2) is 4.98 Å². The molecule has 0 fully saturated rings.